The average molecular weight is 334 g/mol. The van der Waals surface area contributed by atoms with Crippen molar-refractivity contribution in [2.75, 3.05) is 6.61 Å². The predicted molar refractivity (Wildman–Crippen MR) is 91.4 cm³/mol. The van der Waals surface area contributed by atoms with Crippen LogP contribution in [0.3, 0.4) is 0 Å². The highest BCUT2D eigenvalue weighted by Crippen LogP contribution is 2.28. The van der Waals surface area contributed by atoms with Crippen LogP contribution in [-0.2, 0) is 19.6 Å². The minimum atomic E-state index is -1.02. The fourth-order valence-electron chi connectivity index (χ4n) is 1.96. The van der Waals surface area contributed by atoms with Crippen molar-refractivity contribution in [1.29, 1.82) is 0 Å². The second-order valence-electron chi connectivity index (χ2n) is 8.31. The summed E-state index contributed by atoms with van der Waals surface area (Å²) >= 11 is 0. The Labute approximate surface area is 142 Å². The smallest absolute Gasteiger partial charge is 0.231 e. The van der Waals surface area contributed by atoms with E-state index >= 15 is 0 Å². The molecular weight excluding hydrogens is 296 g/mol. The number of aliphatic hydroxyl groups excluding tert-OH is 1. The maximum atomic E-state index is 9.85. The van der Waals surface area contributed by atoms with Crippen LogP contribution >= 0.6 is 0 Å². The molecule has 0 amide bonds. The van der Waals surface area contributed by atoms with Gasteiger partial charge in [-0.15, -0.1) is 0 Å². The van der Waals surface area contributed by atoms with Gasteiger partial charge in [-0.05, 0) is 44.9 Å². The molecule has 0 radical (unpaired) electrons. The van der Waals surface area contributed by atoms with E-state index in [0.717, 1.165) is 0 Å². The summed E-state index contributed by atoms with van der Waals surface area (Å²) in [5.74, 6) is 0.0225. The second-order valence-corrected chi connectivity index (χ2v) is 8.31. The average Bonchev–Trinajstić information content (AvgIpc) is 2.34. The van der Waals surface area contributed by atoms with Crippen LogP contribution < -0.4 is 0 Å². The van der Waals surface area contributed by atoms with Gasteiger partial charge >= 0.3 is 0 Å². The van der Waals surface area contributed by atoms with Crippen molar-refractivity contribution >= 4 is 0 Å². The van der Waals surface area contributed by atoms with E-state index in [1.807, 2.05) is 13.8 Å². The summed E-state index contributed by atoms with van der Waals surface area (Å²) in [6, 6.07) is 0. The molecule has 5 nitrogen and oxygen atoms in total. The Morgan fingerprint density at radius 3 is 1.83 bits per heavy atom. The van der Waals surface area contributed by atoms with Gasteiger partial charge in [0, 0.05) is 6.42 Å². The summed E-state index contributed by atoms with van der Waals surface area (Å²) in [7, 11) is 0. The van der Waals surface area contributed by atoms with Gasteiger partial charge in [-0.25, -0.2) is 9.78 Å². The lowest BCUT2D eigenvalue weighted by atomic mass is 9.95. The molecule has 0 rings (SSSR count). The van der Waals surface area contributed by atoms with Crippen molar-refractivity contribution < 1.29 is 24.7 Å². The van der Waals surface area contributed by atoms with Crippen LogP contribution in [0, 0.1) is 17.8 Å². The normalized spacial score (nSPS) is 17.1. The lowest BCUT2D eigenvalue weighted by Gasteiger charge is -2.34. The quantitative estimate of drug-likeness (QED) is 0.324. The monoisotopic (exact) mass is 334 g/mol. The summed E-state index contributed by atoms with van der Waals surface area (Å²) in [4.78, 5) is 21.9. The van der Waals surface area contributed by atoms with Crippen LogP contribution in [-0.4, -0.2) is 29.2 Å². The first-order chi connectivity index (χ1) is 10.4. The molecule has 0 fully saturated rings. The third-order valence-corrected chi connectivity index (χ3v) is 3.84. The Balaban J connectivity index is 4.54. The van der Waals surface area contributed by atoms with Crippen LogP contribution in [0.5, 0.6) is 0 Å². The van der Waals surface area contributed by atoms with E-state index < -0.39 is 17.5 Å². The molecule has 0 heterocycles. The Hall–Kier alpha value is -0.200. The van der Waals surface area contributed by atoms with Crippen molar-refractivity contribution in [3.63, 3.8) is 0 Å². The van der Waals surface area contributed by atoms with E-state index in [1.165, 1.54) is 0 Å². The van der Waals surface area contributed by atoms with Crippen LogP contribution in [0.25, 0.3) is 0 Å². The highest BCUT2D eigenvalue weighted by atomic mass is 17.3. The topological polar surface area (TPSA) is 57.2 Å². The van der Waals surface area contributed by atoms with Gasteiger partial charge in [0.05, 0.1) is 6.10 Å². The number of aliphatic hydroxyl groups is 1. The zero-order valence-corrected chi connectivity index (χ0v) is 16.5. The number of hydrogen-bond donors (Lipinski definition) is 1. The summed E-state index contributed by atoms with van der Waals surface area (Å²) in [6.45, 7) is 18.3. The zero-order chi connectivity index (χ0) is 18.3. The van der Waals surface area contributed by atoms with Gasteiger partial charge in [-0.1, -0.05) is 41.5 Å². The van der Waals surface area contributed by atoms with E-state index in [-0.39, 0.29) is 6.61 Å². The molecule has 2 atom stereocenters. The van der Waals surface area contributed by atoms with Crippen molar-refractivity contribution in [1.82, 2.24) is 0 Å². The van der Waals surface area contributed by atoms with E-state index in [0.29, 0.717) is 30.6 Å². The summed E-state index contributed by atoms with van der Waals surface area (Å²) in [5, 5.41) is 9.85. The molecule has 0 aromatic carbocycles. The second kappa shape index (κ2) is 9.94. The molecule has 1 N–H and O–H groups in total. The van der Waals surface area contributed by atoms with Gasteiger partial charge in [0.25, 0.3) is 0 Å². The van der Waals surface area contributed by atoms with Gasteiger partial charge in [0.15, 0.2) is 0 Å². The molecule has 5 heteroatoms. The largest absolute Gasteiger partial charge is 0.391 e. The van der Waals surface area contributed by atoms with E-state index in [2.05, 4.69) is 41.5 Å². The third-order valence-electron chi connectivity index (χ3n) is 3.84. The van der Waals surface area contributed by atoms with Crippen LogP contribution in [0.15, 0.2) is 0 Å². The molecule has 0 aromatic heterocycles. The first-order valence-corrected chi connectivity index (χ1v) is 8.73. The fraction of sp³-hybridized carbons (Fsp3) is 1.00. The Kier molecular flexibility index (Phi) is 9.86. The minimum Gasteiger partial charge on any atom is -0.391 e. The van der Waals surface area contributed by atoms with Crippen molar-refractivity contribution in [3.05, 3.63) is 0 Å². The maximum Gasteiger partial charge on any atom is 0.231 e. The Morgan fingerprint density at radius 1 is 0.826 bits per heavy atom. The Morgan fingerprint density at radius 2 is 1.39 bits per heavy atom. The Bertz CT molecular complexity index is 315. The third kappa shape index (κ3) is 10.3. The van der Waals surface area contributed by atoms with Crippen LogP contribution in [0.4, 0.5) is 0 Å². The molecular formula is C18H38O5. The minimum absolute atomic E-state index is 0.114. The summed E-state index contributed by atoms with van der Waals surface area (Å²) in [6.07, 6.45) is 0.731. The van der Waals surface area contributed by atoms with E-state index in [1.54, 1.807) is 6.92 Å². The molecule has 0 saturated carbocycles. The predicted octanol–water partition coefficient (Wildman–Crippen LogP) is 4.49. The number of hydrogen-bond acceptors (Lipinski definition) is 5. The van der Waals surface area contributed by atoms with Crippen molar-refractivity contribution in [3.8, 4) is 0 Å². The fourth-order valence-corrected chi connectivity index (χ4v) is 1.96. The summed E-state index contributed by atoms with van der Waals surface area (Å²) in [5.41, 5.74) is -0.432. The lowest BCUT2D eigenvalue weighted by molar-refractivity contribution is -0.530. The molecule has 0 aliphatic heterocycles. The molecule has 0 aromatic rings. The zero-order valence-electron chi connectivity index (χ0n) is 16.5. The first kappa shape index (κ1) is 22.8. The molecule has 0 aliphatic rings. The lowest BCUT2D eigenvalue weighted by Crippen LogP contribution is -2.40. The molecule has 23 heavy (non-hydrogen) atoms. The molecule has 0 bridgehead atoms. The van der Waals surface area contributed by atoms with Crippen LogP contribution in [0.1, 0.15) is 75.2 Å². The number of rotatable bonds is 12. The van der Waals surface area contributed by atoms with Gasteiger partial charge in [-0.3, -0.25) is 0 Å². The SMILES string of the molecule is CC(C)CC(O)COOC(C)(CC(C)C)OOC(C)(C)C(C)C. The molecule has 0 saturated heterocycles. The standard InChI is InChI=1S/C18H38O5/c1-13(2)10-16(19)12-20-22-18(9,11-14(3)4)23-21-17(7,8)15(5)6/h13-16,19H,10-12H2,1-9H3. The molecule has 0 aliphatic carbocycles. The van der Waals surface area contributed by atoms with E-state index in [4.69, 9.17) is 19.6 Å². The first-order valence-electron chi connectivity index (χ1n) is 8.73. The maximum absolute atomic E-state index is 9.85. The molecule has 140 valence electrons. The van der Waals surface area contributed by atoms with Gasteiger partial charge in [0.1, 0.15) is 12.2 Å². The summed E-state index contributed by atoms with van der Waals surface area (Å²) < 4.78 is 0. The van der Waals surface area contributed by atoms with Gasteiger partial charge in [0.2, 0.25) is 5.79 Å². The van der Waals surface area contributed by atoms with Gasteiger partial charge < -0.3 is 5.11 Å². The van der Waals surface area contributed by atoms with Crippen molar-refractivity contribution in [2.45, 2.75) is 92.6 Å². The molecule has 0 spiro atoms. The highest BCUT2D eigenvalue weighted by Gasteiger charge is 2.35. The van der Waals surface area contributed by atoms with Crippen molar-refractivity contribution in [2.24, 2.45) is 17.8 Å². The van der Waals surface area contributed by atoms with E-state index in [9.17, 15) is 5.11 Å². The molecule has 2 unspecified atom stereocenters. The van der Waals surface area contributed by atoms with Crippen LogP contribution in [0.2, 0.25) is 0 Å². The van der Waals surface area contributed by atoms with Gasteiger partial charge in [-0.2, -0.15) is 9.78 Å². The highest BCUT2D eigenvalue weighted by molar-refractivity contribution is 4.71.